The van der Waals surface area contributed by atoms with Gasteiger partial charge in [0.15, 0.2) is 0 Å². The number of hydrogen-bond donors (Lipinski definition) is 5. The first-order valence-corrected chi connectivity index (χ1v) is 12.0. The number of nitrogens with zero attached hydrogens (tertiary/aromatic N) is 2. The number of anilines is 2. The smallest absolute Gasteiger partial charge is 0.324 e. The molecule has 0 bridgehead atoms. The number of aliphatic hydroxyl groups is 1. The van der Waals surface area contributed by atoms with Crippen LogP contribution in [0, 0.1) is 17.7 Å². The molecular weight excluding hydrogens is 468 g/mol. The number of pyridine rings is 1. The Kier molecular flexibility index (Phi) is 8.49. The molecule has 3 rings (SSSR count). The molecule has 2 aromatic rings. The fraction of sp³-hybridized carbons (Fsp3) is 0.357. The molecule has 1 aromatic heterocycles. The zero-order valence-electron chi connectivity index (χ0n) is 22.3. The minimum absolute atomic E-state index is 0.00781. The van der Waals surface area contributed by atoms with Gasteiger partial charge in [-0.3, -0.25) is 20.7 Å². The Bertz CT molecular complexity index is 1250. The average Bonchev–Trinajstić information content (AvgIpc) is 2.81. The Hall–Kier alpha value is -3.98. The van der Waals surface area contributed by atoms with E-state index in [0.717, 1.165) is 28.0 Å². The van der Waals surface area contributed by atoms with Crippen LogP contribution in [0.4, 0.5) is 16.2 Å². The fourth-order valence-electron chi connectivity index (χ4n) is 3.72. The zero-order valence-corrected chi connectivity index (χ0v) is 22.3. The van der Waals surface area contributed by atoms with E-state index < -0.39 is 11.4 Å². The summed E-state index contributed by atoms with van der Waals surface area (Å²) in [7, 11) is 1.72. The van der Waals surface area contributed by atoms with Crippen molar-refractivity contribution in [1.82, 2.24) is 10.3 Å². The molecule has 0 saturated carbocycles. The van der Waals surface area contributed by atoms with E-state index in [4.69, 9.17) is 10.1 Å². The largest absolute Gasteiger partial charge is 0.512 e. The minimum atomic E-state index is -0.580. The molecule has 37 heavy (non-hydrogen) atoms. The highest BCUT2D eigenvalue weighted by Gasteiger charge is 2.37. The lowest BCUT2D eigenvalue weighted by Crippen LogP contribution is -2.44. The summed E-state index contributed by atoms with van der Waals surface area (Å²) in [6, 6.07) is 6.92. The van der Waals surface area contributed by atoms with Crippen molar-refractivity contribution in [2.24, 2.45) is 10.4 Å². The van der Waals surface area contributed by atoms with E-state index in [1.165, 1.54) is 6.08 Å². The van der Waals surface area contributed by atoms with E-state index >= 15 is 0 Å². The first-order chi connectivity index (χ1) is 17.4. The molecule has 9 nitrogen and oxygen atoms in total. The number of carbonyl (C=O) groups is 1. The molecule has 1 fully saturated rings. The number of hydrogen-bond acceptors (Lipinski definition) is 7. The number of nitrogens with one attached hydrogen (secondary N) is 4. The second-order valence-corrected chi connectivity index (χ2v) is 10.4. The molecule has 0 atom stereocenters. The van der Waals surface area contributed by atoms with Crippen molar-refractivity contribution in [2.45, 2.75) is 40.0 Å². The number of rotatable bonds is 7. The van der Waals surface area contributed by atoms with Crippen molar-refractivity contribution < 1.29 is 14.6 Å². The number of amidine groups is 1. The molecule has 1 aliphatic heterocycles. The Labute approximate surface area is 218 Å². The lowest BCUT2D eigenvalue weighted by atomic mass is 9.78. The van der Waals surface area contributed by atoms with Gasteiger partial charge in [0.1, 0.15) is 11.6 Å². The molecule has 0 unspecified atom stereocenters. The second kappa shape index (κ2) is 11.4. The highest BCUT2D eigenvalue weighted by molar-refractivity contribution is 6.11. The highest BCUT2D eigenvalue weighted by Crippen LogP contribution is 2.36. The van der Waals surface area contributed by atoms with Gasteiger partial charge in [-0.1, -0.05) is 33.8 Å². The number of aliphatic imine (C=N–C) groups is 1. The van der Waals surface area contributed by atoms with Crippen LogP contribution in [0.3, 0.4) is 0 Å². The standard InChI is InChI=1S/C28H36N6O3/c1-18-7-8-20(33-26(36)34-25(29)12-24(35)27(2,3)4)11-23(18)32-14-19(13-30-6)21-15-31-10-9-22(21)28(5)16-37-17-28/h7-15,32,35H,16-17H2,1-6H3,(H3,29,33,34,36)/b19-14+,24-12-,30-13?. The normalized spacial score (nSPS) is 15.7. The summed E-state index contributed by atoms with van der Waals surface area (Å²) in [5.74, 6) is -0.201. The molecule has 0 radical (unpaired) electrons. The first-order valence-electron chi connectivity index (χ1n) is 12.0. The van der Waals surface area contributed by atoms with E-state index in [0.29, 0.717) is 18.9 Å². The van der Waals surface area contributed by atoms with E-state index in [1.807, 2.05) is 58.3 Å². The average molecular weight is 505 g/mol. The van der Waals surface area contributed by atoms with Gasteiger partial charge in [-0.05, 0) is 36.2 Å². The molecule has 5 N–H and O–H groups in total. The van der Waals surface area contributed by atoms with E-state index in [-0.39, 0.29) is 17.0 Å². The summed E-state index contributed by atoms with van der Waals surface area (Å²) in [6.45, 7) is 10.9. The van der Waals surface area contributed by atoms with Crippen LogP contribution in [0.2, 0.25) is 0 Å². The molecule has 1 saturated heterocycles. The van der Waals surface area contributed by atoms with Gasteiger partial charge in [0, 0.05) is 71.3 Å². The molecule has 0 spiro atoms. The van der Waals surface area contributed by atoms with Crippen LogP contribution in [0.25, 0.3) is 5.57 Å². The van der Waals surface area contributed by atoms with Gasteiger partial charge in [0.25, 0.3) is 0 Å². The van der Waals surface area contributed by atoms with Crippen molar-refractivity contribution in [1.29, 1.82) is 5.41 Å². The monoisotopic (exact) mass is 504 g/mol. The quantitative estimate of drug-likeness (QED) is 0.195. The summed E-state index contributed by atoms with van der Waals surface area (Å²) < 4.78 is 5.48. The van der Waals surface area contributed by atoms with Gasteiger partial charge in [-0.2, -0.15) is 0 Å². The van der Waals surface area contributed by atoms with Gasteiger partial charge in [-0.25, -0.2) is 4.79 Å². The summed E-state index contributed by atoms with van der Waals surface area (Å²) >= 11 is 0. The van der Waals surface area contributed by atoms with Crippen LogP contribution >= 0.6 is 0 Å². The van der Waals surface area contributed by atoms with E-state index in [1.54, 1.807) is 25.5 Å². The molecule has 2 heterocycles. The van der Waals surface area contributed by atoms with E-state index in [2.05, 4.69) is 32.9 Å². The number of carbonyl (C=O) groups excluding carboxylic acids is 1. The lowest BCUT2D eigenvalue weighted by molar-refractivity contribution is -0.0501. The predicted molar refractivity (Wildman–Crippen MR) is 150 cm³/mol. The van der Waals surface area contributed by atoms with Gasteiger partial charge < -0.3 is 20.5 Å². The molecule has 0 aliphatic carbocycles. The number of aromatic nitrogens is 1. The predicted octanol–water partition coefficient (Wildman–Crippen LogP) is 5.42. The third-order valence-corrected chi connectivity index (χ3v) is 6.07. The third-order valence-electron chi connectivity index (χ3n) is 6.07. The van der Waals surface area contributed by atoms with E-state index in [9.17, 15) is 9.90 Å². The number of amides is 2. The van der Waals surface area contributed by atoms with Gasteiger partial charge in [0.2, 0.25) is 0 Å². The van der Waals surface area contributed by atoms with Crippen LogP contribution in [0.15, 0.2) is 59.7 Å². The van der Waals surface area contributed by atoms with Crippen molar-refractivity contribution in [3.8, 4) is 0 Å². The Morgan fingerprint density at radius 3 is 2.62 bits per heavy atom. The van der Waals surface area contributed by atoms with Gasteiger partial charge in [0.05, 0.1) is 13.2 Å². The van der Waals surface area contributed by atoms with Crippen LogP contribution in [-0.4, -0.2) is 48.4 Å². The summed E-state index contributed by atoms with van der Waals surface area (Å²) in [6.07, 6.45) is 8.52. The Balaban J connectivity index is 1.78. The molecular formula is C28H36N6O3. The number of aliphatic hydroxyl groups excluding tert-OH is 1. The zero-order chi connectivity index (χ0) is 27.2. The molecule has 9 heteroatoms. The van der Waals surface area contributed by atoms with Gasteiger partial charge in [-0.15, -0.1) is 0 Å². The highest BCUT2D eigenvalue weighted by atomic mass is 16.5. The van der Waals surface area contributed by atoms with Crippen molar-refractivity contribution in [3.63, 3.8) is 0 Å². The van der Waals surface area contributed by atoms with Gasteiger partial charge >= 0.3 is 6.03 Å². The maximum atomic E-state index is 12.4. The second-order valence-electron chi connectivity index (χ2n) is 10.4. The number of aryl methyl sites for hydroxylation is 1. The van der Waals surface area contributed by atoms with Crippen LogP contribution in [0.5, 0.6) is 0 Å². The van der Waals surface area contributed by atoms with Crippen molar-refractivity contribution in [2.75, 3.05) is 30.9 Å². The SMILES string of the molecule is CN=C/C(=C\Nc1cc(NC(=O)NC(=N)/C=C(\O)C(C)(C)C)ccc1C)c1cnccc1C1(C)COC1. The summed E-state index contributed by atoms with van der Waals surface area (Å²) in [5.41, 5.74) is 4.73. The summed E-state index contributed by atoms with van der Waals surface area (Å²) in [5, 5.41) is 26.5. The fourth-order valence-corrected chi connectivity index (χ4v) is 3.72. The van der Waals surface area contributed by atoms with Crippen LogP contribution in [-0.2, 0) is 10.2 Å². The molecule has 2 amide bonds. The Morgan fingerprint density at radius 2 is 2.00 bits per heavy atom. The first kappa shape index (κ1) is 27.6. The maximum Gasteiger partial charge on any atom is 0.324 e. The number of benzene rings is 1. The van der Waals surface area contributed by atoms with Crippen molar-refractivity contribution in [3.05, 3.63) is 71.4 Å². The molecule has 1 aliphatic rings. The molecule has 196 valence electrons. The third kappa shape index (κ3) is 7.04. The number of allylic oxidation sites excluding steroid dienone is 2. The van der Waals surface area contributed by atoms with Crippen LogP contribution in [0.1, 0.15) is 44.4 Å². The molecule has 1 aromatic carbocycles. The minimum Gasteiger partial charge on any atom is -0.512 e. The maximum absolute atomic E-state index is 12.4. The summed E-state index contributed by atoms with van der Waals surface area (Å²) in [4.78, 5) is 21.0. The number of ether oxygens (including phenoxy) is 1. The lowest BCUT2D eigenvalue weighted by Gasteiger charge is -2.39. The number of urea groups is 1. The van der Waals surface area contributed by atoms with Crippen LogP contribution < -0.4 is 16.0 Å². The van der Waals surface area contributed by atoms with Crippen molar-refractivity contribution >= 4 is 35.0 Å². The topological polar surface area (TPSA) is 132 Å². The Morgan fingerprint density at radius 1 is 1.27 bits per heavy atom.